The van der Waals surface area contributed by atoms with Crippen LogP contribution in [0.25, 0.3) is 0 Å². The molecule has 1 aromatic rings. The molecule has 0 saturated carbocycles. The lowest BCUT2D eigenvalue weighted by atomic mass is 10.4. The van der Waals surface area contributed by atoms with E-state index >= 15 is 0 Å². The summed E-state index contributed by atoms with van der Waals surface area (Å²) in [6.07, 6.45) is 2.37. The third kappa shape index (κ3) is 1.76. The largest absolute Gasteiger partial charge is 0.296 e. The summed E-state index contributed by atoms with van der Waals surface area (Å²) < 4.78 is 1.75. The number of carbonyl (C=O) groups is 1. The molecule has 0 radical (unpaired) electrons. The molecule has 1 rings (SSSR count). The summed E-state index contributed by atoms with van der Waals surface area (Å²) in [5.74, 6) is 0. The van der Waals surface area contributed by atoms with Crippen molar-refractivity contribution in [3.8, 4) is 0 Å². The maximum absolute atomic E-state index is 10.2. The molecule has 0 amide bonds. The predicted octanol–water partition coefficient (Wildman–Crippen LogP) is 2.26. The van der Waals surface area contributed by atoms with Crippen molar-refractivity contribution in [2.75, 3.05) is 0 Å². The van der Waals surface area contributed by atoms with Gasteiger partial charge >= 0.3 is 0 Å². The minimum atomic E-state index is 0.445. The lowest BCUT2D eigenvalue weighted by molar-refractivity contribution is 0.111. The standard InChI is InChI=1S/C6H3BrINO/c7-5-1-4(8)2-9-6(5)3-10/h1-3H. The van der Waals surface area contributed by atoms with E-state index < -0.39 is 0 Å². The number of aromatic nitrogens is 1. The van der Waals surface area contributed by atoms with E-state index in [-0.39, 0.29) is 0 Å². The molecule has 0 aliphatic rings. The van der Waals surface area contributed by atoms with Crippen molar-refractivity contribution in [2.45, 2.75) is 0 Å². The zero-order valence-electron chi connectivity index (χ0n) is 4.84. The molecule has 2 nitrogen and oxygen atoms in total. The highest BCUT2D eigenvalue weighted by atomic mass is 127. The molecule has 0 aromatic carbocycles. The molecule has 0 aliphatic carbocycles. The van der Waals surface area contributed by atoms with Crippen LogP contribution in [0.1, 0.15) is 10.5 Å². The quantitative estimate of drug-likeness (QED) is 0.588. The highest BCUT2D eigenvalue weighted by Gasteiger charge is 1.98. The Kier molecular flexibility index (Phi) is 2.79. The molecule has 52 valence electrons. The lowest BCUT2D eigenvalue weighted by Crippen LogP contribution is -1.88. The molecular weight excluding hydrogens is 309 g/mol. The fourth-order valence-corrected chi connectivity index (χ4v) is 1.83. The van der Waals surface area contributed by atoms with Gasteiger partial charge in [0.15, 0.2) is 6.29 Å². The van der Waals surface area contributed by atoms with Crippen LogP contribution in [-0.2, 0) is 0 Å². The third-order valence-electron chi connectivity index (χ3n) is 0.948. The molecule has 0 aliphatic heterocycles. The fourth-order valence-electron chi connectivity index (χ4n) is 0.512. The number of halogens is 2. The molecule has 0 bridgehead atoms. The highest BCUT2D eigenvalue weighted by molar-refractivity contribution is 14.1. The smallest absolute Gasteiger partial charge is 0.169 e. The summed E-state index contributed by atoms with van der Waals surface area (Å²) >= 11 is 5.34. The maximum atomic E-state index is 10.2. The second kappa shape index (κ2) is 3.43. The van der Waals surface area contributed by atoms with Crippen molar-refractivity contribution in [3.63, 3.8) is 0 Å². The monoisotopic (exact) mass is 311 g/mol. The van der Waals surface area contributed by atoms with Crippen LogP contribution >= 0.6 is 38.5 Å². The zero-order valence-corrected chi connectivity index (χ0v) is 8.59. The number of carbonyl (C=O) groups excluding carboxylic acids is 1. The minimum absolute atomic E-state index is 0.445. The summed E-state index contributed by atoms with van der Waals surface area (Å²) in [7, 11) is 0. The Bertz CT molecular complexity index is 264. The van der Waals surface area contributed by atoms with Crippen molar-refractivity contribution in [1.29, 1.82) is 0 Å². The van der Waals surface area contributed by atoms with Crippen LogP contribution < -0.4 is 0 Å². The van der Waals surface area contributed by atoms with E-state index in [0.717, 1.165) is 14.3 Å². The van der Waals surface area contributed by atoms with E-state index in [1.165, 1.54) is 0 Å². The number of pyridine rings is 1. The Labute approximate surface area is 80.3 Å². The van der Waals surface area contributed by atoms with Crippen LogP contribution in [0.5, 0.6) is 0 Å². The van der Waals surface area contributed by atoms with Crippen molar-refractivity contribution in [1.82, 2.24) is 4.98 Å². The first kappa shape index (κ1) is 8.13. The normalized spacial score (nSPS) is 9.40. The molecule has 0 atom stereocenters. The van der Waals surface area contributed by atoms with Crippen LogP contribution in [0.4, 0.5) is 0 Å². The SMILES string of the molecule is O=Cc1ncc(I)cc1Br. The number of hydrogen-bond donors (Lipinski definition) is 0. The predicted molar refractivity (Wildman–Crippen MR) is 50.0 cm³/mol. The summed E-state index contributed by atoms with van der Waals surface area (Å²) in [5.41, 5.74) is 0.445. The van der Waals surface area contributed by atoms with Crippen LogP contribution in [0.2, 0.25) is 0 Å². The molecule has 1 aromatic heterocycles. The fraction of sp³-hybridized carbons (Fsp3) is 0. The van der Waals surface area contributed by atoms with Gasteiger partial charge in [-0.3, -0.25) is 9.78 Å². The van der Waals surface area contributed by atoms with Gasteiger partial charge in [-0.2, -0.15) is 0 Å². The van der Waals surface area contributed by atoms with Gasteiger partial charge in [0.25, 0.3) is 0 Å². The van der Waals surface area contributed by atoms with Gasteiger partial charge in [-0.1, -0.05) is 0 Å². The Hall–Kier alpha value is 0.0300. The molecule has 0 fully saturated rings. The van der Waals surface area contributed by atoms with Crippen LogP contribution in [-0.4, -0.2) is 11.3 Å². The van der Waals surface area contributed by atoms with Crippen molar-refractivity contribution in [2.24, 2.45) is 0 Å². The summed E-state index contributed by atoms with van der Waals surface area (Å²) in [6.45, 7) is 0. The van der Waals surface area contributed by atoms with E-state index in [1.54, 1.807) is 6.20 Å². The van der Waals surface area contributed by atoms with E-state index in [2.05, 4.69) is 43.5 Å². The van der Waals surface area contributed by atoms with Crippen LogP contribution in [0.15, 0.2) is 16.7 Å². The van der Waals surface area contributed by atoms with Gasteiger partial charge in [-0.15, -0.1) is 0 Å². The lowest BCUT2D eigenvalue weighted by Gasteiger charge is -1.93. The molecule has 10 heavy (non-hydrogen) atoms. The van der Waals surface area contributed by atoms with Gasteiger partial charge < -0.3 is 0 Å². The van der Waals surface area contributed by atoms with Crippen molar-refractivity contribution in [3.05, 3.63) is 26.0 Å². The second-order valence-corrected chi connectivity index (χ2v) is 3.74. The first-order valence-corrected chi connectivity index (χ1v) is 4.37. The summed E-state index contributed by atoms with van der Waals surface area (Å²) in [4.78, 5) is 14.1. The topological polar surface area (TPSA) is 30.0 Å². The van der Waals surface area contributed by atoms with Gasteiger partial charge in [0.05, 0.1) is 0 Å². The Morgan fingerprint density at radius 3 is 2.90 bits per heavy atom. The second-order valence-electron chi connectivity index (χ2n) is 1.64. The summed E-state index contributed by atoms with van der Waals surface area (Å²) in [5, 5.41) is 0. The van der Waals surface area contributed by atoms with Crippen LogP contribution in [0, 0.1) is 3.57 Å². The first-order chi connectivity index (χ1) is 4.74. The minimum Gasteiger partial charge on any atom is -0.296 e. The van der Waals surface area contributed by atoms with Crippen molar-refractivity contribution >= 4 is 44.8 Å². The number of aldehydes is 1. The molecule has 4 heteroatoms. The van der Waals surface area contributed by atoms with Crippen LogP contribution in [0.3, 0.4) is 0 Å². The van der Waals surface area contributed by atoms with Gasteiger partial charge in [0, 0.05) is 14.2 Å². The van der Waals surface area contributed by atoms with Gasteiger partial charge in [-0.05, 0) is 44.6 Å². The van der Waals surface area contributed by atoms with E-state index in [9.17, 15) is 4.79 Å². The zero-order chi connectivity index (χ0) is 7.56. The van der Waals surface area contributed by atoms with Gasteiger partial charge in [-0.25, -0.2) is 0 Å². The number of hydrogen-bond acceptors (Lipinski definition) is 2. The van der Waals surface area contributed by atoms with Crippen molar-refractivity contribution < 1.29 is 4.79 Å². The average Bonchev–Trinajstić information content (AvgIpc) is 1.88. The molecular formula is C6H3BrINO. The molecule has 0 saturated heterocycles. The summed E-state index contributed by atoms with van der Waals surface area (Å²) in [6, 6.07) is 1.84. The van der Waals surface area contributed by atoms with E-state index in [0.29, 0.717) is 5.69 Å². The Morgan fingerprint density at radius 2 is 2.40 bits per heavy atom. The van der Waals surface area contributed by atoms with E-state index in [1.807, 2.05) is 6.07 Å². The van der Waals surface area contributed by atoms with Gasteiger partial charge in [0.2, 0.25) is 0 Å². The molecule has 1 heterocycles. The number of nitrogens with zero attached hydrogens (tertiary/aromatic N) is 1. The third-order valence-corrected chi connectivity index (χ3v) is 2.17. The molecule has 0 spiro atoms. The van der Waals surface area contributed by atoms with Gasteiger partial charge in [0.1, 0.15) is 5.69 Å². The Morgan fingerprint density at radius 1 is 1.70 bits per heavy atom. The highest BCUT2D eigenvalue weighted by Crippen LogP contribution is 2.15. The van der Waals surface area contributed by atoms with E-state index in [4.69, 9.17) is 0 Å². The Balaban J connectivity index is 3.19. The molecule has 0 unspecified atom stereocenters. The number of rotatable bonds is 1. The average molecular weight is 312 g/mol. The molecule has 0 N–H and O–H groups in total. The maximum Gasteiger partial charge on any atom is 0.169 e. The first-order valence-electron chi connectivity index (χ1n) is 2.50.